The maximum absolute atomic E-state index is 12.9. The van der Waals surface area contributed by atoms with Crippen LogP contribution in [0.5, 0.6) is 0 Å². The second-order valence-corrected chi connectivity index (χ2v) is 16.9. The molecule has 0 bridgehead atoms. The minimum absolute atomic E-state index is 0.178. The minimum atomic E-state index is -1.56. The fourth-order valence-electron chi connectivity index (χ4n) is 7.75. The number of aliphatic hydroxyl groups is 5. The van der Waals surface area contributed by atoms with Gasteiger partial charge in [0.15, 0.2) is 6.29 Å². The Kier molecular flexibility index (Phi) is 36.1. The van der Waals surface area contributed by atoms with Gasteiger partial charge in [-0.25, -0.2) is 0 Å². The number of rotatable bonds is 40. The molecule has 1 rings (SSSR count). The van der Waals surface area contributed by atoms with E-state index >= 15 is 0 Å². The molecule has 0 aromatic heterocycles. The lowest BCUT2D eigenvalue weighted by atomic mass is 9.99. The molecule has 7 unspecified atom stereocenters. The summed E-state index contributed by atoms with van der Waals surface area (Å²) in [4.78, 5) is 12.9. The quantitative estimate of drug-likeness (QED) is 0.0265. The van der Waals surface area contributed by atoms with Crippen LogP contribution >= 0.6 is 0 Å². The fraction of sp³-hybridized carbons (Fsp3) is 0.936. The number of hydrogen-bond donors (Lipinski definition) is 6. The van der Waals surface area contributed by atoms with Crippen molar-refractivity contribution in [2.45, 2.75) is 269 Å². The Hall–Kier alpha value is -1.07. The van der Waals surface area contributed by atoms with Crippen LogP contribution in [-0.4, -0.2) is 87.5 Å². The first-order valence-corrected chi connectivity index (χ1v) is 23.9. The van der Waals surface area contributed by atoms with Gasteiger partial charge in [0.25, 0.3) is 0 Å². The molecule has 6 N–H and O–H groups in total. The van der Waals surface area contributed by atoms with Gasteiger partial charge in [-0.1, -0.05) is 212 Å². The summed E-state index contributed by atoms with van der Waals surface area (Å²) in [5.74, 6) is -0.178. The predicted octanol–water partition coefficient (Wildman–Crippen LogP) is 10.1. The normalized spacial score (nSPS) is 21.2. The van der Waals surface area contributed by atoms with E-state index in [9.17, 15) is 30.3 Å². The molecule has 0 saturated carbocycles. The smallest absolute Gasteiger partial charge is 0.220 e. The van der Waals surface area contributed by atoms with Crippen molar-refractivity contribution in [1.82, 2.24) is 5.32 Å². The Balaban J connectivity index is 2.24. The van der Waals surface area contributed by atoms with Gasteiger partial charge in [-0.3, -0.25) is 4.79 Å². The van der Waals surface area contributed by atoms with Crippen molar-refractivity contribution in [3.05, 3.63) is 12.2 Å². The first-order valence-electron chi connectivity index (χ1n) is 23.9. The summed E-state index contributed by atoms with van der Waals surface area (Å²) in [5.41, 5.74) is 0. The van der Waals surface area contributed by atoms with Crippen LogP contribution < -0.4 is 5.32 Å². The largest absolute Gasteiger partial charge is 0.394 e. The van der Waals surface area contributed by atoms with E-state index in [0.717, 1.165) is 38.5 Å². The molecule has 0 aliphatic carbocycles. The van der Waals surface area contributed by atoms with Crippen molar-refractivity contribution in [3.8, 4) is 0 Å². The van der Waals surface area contributed by atoms with Crippen LogP contribution in [0.4, 0.5) is 0 Å². The van der Waals surface area contributed by atoms with E-state index in [1.807, 2.05) is 6.08 Å². The lowest BCUT2D eigenvalue weighted by molar-refractivity contribution is -0.302. The number of amides is 1. The number of hydrogen-bond acceptors (Lipinski definition) is 8. The summed E-state index contributed by atoms with van der Waals surface area (Å²) < 4.78 is 11.2. The molecular formula is C47H91NO8. The molecule has 332 valence electrons. The molecule has 1 aliphatic rings. The van der Waals surface area contributed by atoms with Crippen LogP contribution in [0.25, 0.3) is 0 Å². The summed E-state index contributed by atoms with van der Waals surface area (Å²) in [6, 6.07) is -0.797. The second kappa shape index (κ2) is 38.2. The molecule has 1 saturated heterocycles. The summed E-state index contributed by atoms with van der Waals surface area (Å²) in [6.45, 7) is 3.76. The number of carbonyl (C=O) groups excluding carboxylic acids is 1. The third kappa shape index (κ3) is 28.4. The third-order valence-electron chi connectivity index (χ3n) is 11.6. The highest BCUT2D eigenvalue weighted by Crippen LogP contribution is 2.23. The SMILES string of the molecule is CCCCCCCCCCCCCCCCCCCCCCCC/C=C/C(O)C(COC1OC(CO)C(O)C(O)C1O)NC(=O)CCCCCCCCCCC. The first kappa shape index (κ1) is 52.9. The molecule has 1 aliphatic heterocycles. The van der Waals surface area contributed by atoms with Crippen molar-refractivity contribution in [1.29, 1.82) is 0 Å². The van der Waals surface area contributed by atoms with Crippen molar-refractivity contribution in [2.24, 2.45) is 0 Å². The first-order chi connectivity index (χ1) is 27.3. The zero-order valence-electron chi connectivity index (χ0n) is 36.4. The van der Waals surface area contributed by atoms with Gasteiger partial charge < -0.3 is 40.3 Å². The van der Waals surface area contributed by atoms with Gasteiger partial charge in [0.1, 0.15) is 24.4 Å². The Labute approximate surface area is 344 Å². The van der Waals surface area contributed by atoms with Crippen LogP contribution in [0.3, 0.4) is 0 Å². The van der Waals surface area contributed by atoms with E-state index in [0.29, 0.717) is 6.42 Å². The molecule has 1 amide bonds. The average molecular weight is 798 g/mol. The van der Waals surface area contributed by atoms with Gasteiger partial charge in [-0.05, 0) is 19.3 Å². The van der Waals surface area contributed by atoms with Crippen molar-refractivity contribution < 1.29 is 39.8 Å². The highest BCUT2D eigenvalue weighted by Gasteiger charge is 2.44. The average Bonchev–Trinajstić information content (AvgIpc) is 3.20. The standard InChI is InChI=1S/C47H91NO8/c1-3-5-7-9-11-13-14-15-16-17-18-19-20-21-22-23-24-25-26-27-29-30-32-34-36-41(50)40(39-55-47-46(54)45(53)44(52)42(38-49)56-47)48-43(51)37-35-33-31-28-12-10-8-6-4-2/h34,36,40-42,44-47,49-50,52-54H,3-33,35,37-39H2,1-2H3,(H,48,51)/b36-34+. The van der Waals surface area contributed by atoms with E-state index in [2.05, 4.69) is 19.2 Å². The van der Waals surface area contributed by atoms with Crippen LogP contribution in [0.2, 0.25) is 0 Å². The monoisotopic (exact) mass is 798 g/mol. The van der Waals surface area contributed by atoms with Crippen molar-refractivity contribution in [2.75, 3.05) is 13.2 Å². The van der Waals surface area contributed by atoms with Gasteiger partial charge in [0, 0.05) is 6.42 Å². The van der Waals surface area contributed by atoms with E-state index in [4.69, 9.17) is 9.47 Å². The van der Waals surface area contributed by atoms with Gasteiger partial charge in [-0.2, -0.15) is 0 Å². The predicted molar refractivity (Wildman–Crippen MR) is 231 cm³/mol. The maximum atomic E-state index is 12.9. The Morgan fingerprint density at radius 1 is 0.589 bits per heavy atom. The summed E-state index contributed by atoms with van der Waals surface area (Å²) in [7, 11) is 0. The molecule has 0 aromatic rings. The minimum Gasteiger partial charge on any atom is -0.394 e. The number of aliphatic hydroxyl groups excluding tert-OH is 5. The molecule has 0 radical (unpaired) electrons. The van der Waals surface area contributed by atoms with Gasteiger partial charge in [0.2, 0.25) is 5.91 Å². The number of carbonyl (C=O) groups is 1. The fourth-order valence-corrected chi connectivity index (χ4v) is 7.75. The molecule has 0 aromatic carbocycles. The van der Waals surface area contributed by atoms with Crippen LogP contribution in [-0.2, 0) is 14.3 Å². The summed E-state index contributed by atoms with van der Waals surface area (Å²) in [6.07, 6.45) is 37.1. The van der Waals surface area contributed by atoms with E-state index < -0.39 is 49.5 Å². The van der Waals surface area contributed by atoms with Gasteiger partial charge in [0.05, 0.1) is 25.4 Å². The highest BCUT2D eigenvalue weighted by molar-refractivity contribution is 5.76. The Morgan fingerprint density at radius 2 is 0.982 bits per heavy atom. The lowest BCUT2D eigenvalue weighted by Gasteiger charge is -2.40. The number of allylic oxidation sites excluding steroid dienone is 1. The lowest BCUT2D eigenvalue weighted by Crippen LogP contribution is -2.60. The number of unbranched alkanes of at least 4 members (excludes halogenated alkanes) is 30. The van der Waals surface area contributed by atoms with E-state index in [1.165, 1.54) is 167 Å². The molecule has 1 heterocycles. The molecule has 9 heteroatoms. The number of nitrogens with one attached hydrogen (secondary N) is 1. The Morgan fingerprint density at radius 3 is 1.39 bits per heavy atom. The highest BCUT2D eigenvalue weighted by atomic mass is 16.7. The van der Waals surface area contributed by atoms with Gasteiger partial charge in [-0.15, -0.1) is 0 Å². The van der Waals surface area contributed by atoms with Crippen LogP contribution in [0.1, 0.15) is 226 Å². The second-order valence-electron chi connectivity index (χ2n) is 16.9. The van der Waals surface area contributed by atoms with Gasteiger partial charge >= 0.3 is 0 Å². The Bertz CT molecular complexity index is 888. The summed E-state index contributed by atoms with van der Waals surface area (Å²) in [5, 5.41) is 54.1. The van der Waals surface area contributed by atoms with Crippen molar-refractivity contribution >= 4 is 5.91 Å². The molecular weight excluding hydrogens is 707 g/mol. The molecule has 9 nitrogen and oxygen atoms in total. The summed E-state index contributed by atoms with van der Waals surface area (Å²) >= 11 is 0. The van der Waals surface area contributed by atoms with E-state index in [-0.39, 0.29) is 12.5 Å². The molecule has 7 atom stereocenters. The third-order valence-corrected chi connectivity index (χ3v) is 11.6. The van der Waals surface area contributed by atoms with Crippen LogP contribution in [0.15, 0.2) is 12.2 Å². The topological polar surface area (TPSA) is 149 Å². The molecule has 56 heavy (non-hydrogen) atoms. The molecule has 1 fully saturated rings. The van der Waals surface area contributed by atoms with Crippen LogP contribution in [0, 0.1) is 0 Å². The number of ether oxygens (including phenoxy) is 2. The maximum Gasteiger partial charge on any atom is 0.220 e. The zero-order valence-corrected chi connectivity index (χ0v) is 36.4. The van der Waals surface area contributed by atoms with Crippen molar-refractivity contribution in [3.63, 3.8) is 0 Å². The zero-order chi connectivity index (χ0) is 40.9. The van der Waals surface area contributed by atoms with E-state index in [1.54, 1.807) is 6.08 Å². The molecule has 0 spiro atoms.